The molecule has 2 aromatic carbocycles. The fraction of sp³-hybridized carbons (Fsp3) is 0.286. The summed E-state index contributed by atoms with van der Waals surface area (Å²) in [5, 5.41) is 4.55. The van der Waals surface area contributed by atoms with Crippen molar-refractivity contribution >= 4 is 56.6 Å². The minimum Gasteiger partial charge on any atom is -0.352 e. The number of fused-ring (bicyclic) bond motifs is 1. The summed E-state index contributed by atoms with van der Waals surface area (Å²) < 4.78 is 0. The van der Waals surface area contributed by atoms with E-state index in [2.05, 4.69) is 23.2 Å². The van der Waals surface area contributed by atoms with Gasteiger partial charge < -0.3 is 15.1 Å². The van der Waals surface area contributed by atoms with Crippen molar-refractivity contribution < 1.29 is 9.59 Å². The number of nitrogens with zero attached hydrogens (tertiary/aromatic N) is 4. The third-order valence-electron chi connectivity index (χ3n) is 6.27. The number of rotatable bonds is 8. The quantitative estimate of drug-likeness (QED) is 0.258. The number of aromatic nitrogens is 2. The van der Waals surface area contributed by atoms with Gasteiger partial charge in [0.2, 0.25) is 11.8 Å². The number of carbonyl (C=O) groups excluding carboxylic acids is 2. The van der Waals surface area contributed by atoms with Crippen LogP contribution in [0.25, 0.3) is 10.2 Å². The van der Waals surface area contributed by atoms with Crippen molar-refractivity contribution in [3.63, 3.8) is 0 Å². The molecular formula is C28H29N5O2S2. The van der Waals surface area contributed by atoms with Crippen LogP contribution in [-0.4, -0.2) is 58.6 Å². The molecule has 1 aliphatic rings. The molecule has 4 aromatic rings. The molecule has 0 atom stereocenters. The van der Waals surface area contributed by atoms with Gasteiger partial charge in [-0.2, -0.15) is 0 Å². The average molecular weight is 532 g/mol. The highest BCUT2D eigenvalue weighted by Crippen LogP contribution is 2.34. The minimum absolute atomic E-state index is 0.0904. The van der Waals surface area contributed by atoms with Crippen LogP contribution in [0.1, 0.15) is 17.4 Å². The van der Waals surface area contributed by atoms with Crippen LogP contribution >= 0.6 is 23.1 Å². The van der Waals surface area contributed by atoms with Crippen LogP contribution in [0.5, 0.6) is 0 Å². The number of anilines is 2. The van der Waals surface area contributed by atoms with Crippen LogP contribution in [0.15, 0.2) is 71.9 Å². The Kier molecular flexibility index (Phi) is 8.01. The Hall–Kier alpha value is -3.43. The summed E-state index contributed by atoms with van der Waals surface area (Å²) >= 11 is 3.02. The van der Waals surface area contributed by atoms with Crippen molar-refractivity contribution in [1.29, 1.82) is 0 Å². The lowest BCUT2D eigenvalue weighted by Crippen LogP contribution is -2.49. The minimum atomic E-state index is -0.0904. The number of aryl methyl sites for hydroxylation is 1. The highest BCUT2D eigenvalue weighted by Gasteiger charge is 2.25. The predicted molar refractivity (Wildman–Crippen MR) is 152 cm³/mol. The average Bonchev–Trinajstić information content (AvgIpc) is 3.36. The molecule has 0 aliphatic carbocycles. The van der Waals surface area contributed by atoms with Crippen LogP contribution in [0.3, 0.4) is 0 Å². The number of hydrogen-bond donors (Lipinski definition) is 1. The third kappa shape index (κ3) is 6.29. The summed E-state index contributed by atoms with van der Waals surface area (Å²) in [6, 6.07) is 21.5. The number of thiophene rings is 1. The Balaban J connectivity index is 1.27. The second-order valence-corrected chi connectivity index (χ2v) is 10.9. The van der Waals surface area contributed by atoms with Gasteiger partial charge in [-0.15, -0.1) is 11.3 Å². The molecule has 1 aliphatic heterocycles. The lowest BCUT2D eigenvalue weighted by molar-refractivity contribution is -0.130. The van der Waals surface area contributed by atoms with E-state index in [9.17, 15) is 9.59 Å². The Labute approximate surface area is 224 Å². The Morgan fingerprint density at radius 3 is 2.38 bits per heavy atom. The van der Waals surface area contributed by atoms with Gasteiger partial charge in [-0.25, -0.2) is 9.97 Å². The largest absolute Gasteiger partial charge is 0.352 e. The fourth-order valence-corrected chi connectivity index (χ4v) is 5.97. The molecule has 0 radical (unpaired) electrons. The van der Waals surface area contributed by atoms with E-state index >= 15 is 0 Å². The summed E-state index contributed by atoms with van der Waals surface area (Å²) in [6.07, 6.45) is 1.36. The van der Waals surface area contributed by atoms with E-state index in [-0.39, 0.29) is 17.6 Å². The van der Waals surface area contributed by atoms with E-state index < -0.39 is 0 Å². The maximum Gasteiger partial charge on any atom is 0.234 e. The number of piperazine rings is 1. The third-order valence-corrected chi connectivity index (χ3v) is 8.29. The molecule has 1 saturated heterocycles. The molecule has 2 amide bonds. The van der Waals surface area contributed by atoms with Gasteiger partial charge in [0.15, 0.2) is 5.16 Å². The number of para-hydroxylation sites is 1. The van der Waals surface area contributed by atoms with E-state index in [0.29, 0.717) is 37.8 Å². The summed E-state index contributed by atoms with van der Waals surface area (Å²) in [6.45, 7) is 4.87. The summed E-state index contributed by atoms with van der Waals surface area (Å²) in [5.41, 5.74) is 1.81. The summed E-state index contributed by atoms with van der Waals surface area (Å²) in [7, 11) is 0. The van der Waals surface area contributed by atoms with Gasteiger partial charge in [0, 0.05) is 36.7 Å². The van der Waals surface area contributed by atoms with E-state index in [0.717, 1.165) is 33.7 Å². The number of amides is 2. The van der Waals surface area contributed by atoms with Gasteiger partial charge in [-0.1, -0.05) is 67.2 Å². The standard InChI is InChI=1S/C28H29N5O2S2/c1-2-22-18-23-26(33-15-13-32(14-16-33)25(35)17-20-9-5-3-6-10-20)30-28(31-27(23)37-22)36-19-24(34)29-21-11-7-4-8-12-21/h3-12,18H,2,13-17,19H2,1H3,(H,29,34). The summed E-state index contributed by atoms with van der Waals surface area (Å²) in [4.78, 5) is 41.4. The van der Waals surface area contributed by atoms with Gasteiger partial charge in [0.1, 0.15) is 10.6 Å². The number of thioether (sulfide) groups is 1. The number of nitrogens with one attached hydrogen (secondary N) is 1. The zero-order valence-electron chi connectivity index (χ0n) is 20.7. The fourth-order valence-electron chi connectivity index (χ4n) is 4.32. The summed E-state index contributed by atoms with van der Waals surface area (Å²) in [5.74, 6) is 1.19. The zero-order valence-corrected chi connectivity index (χ0v) is 22.4. The normalized spacial score (nSPS) is 13.6. The molecule has 9 heteroatoms. The van der Waals surface area contributed by atoms with Crippen LogP contribution in [0.2, 0.25) is 0 Å². The van der Waals surface area contributed by atoms with Crippen LogP contribution < -0.4 is 10.2 Å². The van der Waals surface area contributed by atoms with E-state index in [4.69, 9.17) is 9.97 Å². The van der Waals surface area contributed by atoms with Gasteiger partial charge in [0.25, 0.3) is 0 Å². The number of benzene rings is 2. The second kappa shape index (κ2) is 11.7. The molecular weight excluding hydrogens is 502 g/mol. The first kappa shape index (κ1) is 25.2. The Morgan fingerprint density at radius 2 is 1.68 bits per heavy atom. The molecule has 0 bridgehead atoms. The molecule has 1 N–H and O–H groups in total. The van der Waals surface area contributed by atoms with Crippen molar-refractivity contribution in [2.45, 2.75) is 24.9 Å². The first-order valence-electron chi connectivity index (χ1n) is 12.4. The first-order valence-corrected chi connectivity index (χ1v) is 14.2. The number of carbonyl (C=O) groups is 2. The Bertz CT molecular complexity index is 1370. The molecule has 37 heavy (non-hydrogen) atoms. The van der Waals surface area contributed by atoms with Crippen molar-refractivity contribution in [3.8, 4) is 0 Å². The highest BCUT2D eigenvalue weighted by molar-refractivity contribution is 7.99. The lowest BCUT2D eigenvalue weighted by atomic mass is 10.1. The molecule has 5 rings (SSSR count). The van der Waals surface area contributed by atoms with E-state index in [1.807, 2.05) is 65.6 Å². The molecule has 0 saturated carbocycles. The van der Waals surface area contributed by atoms with Gasteiger partial charge in [0.05, 0.1) is 17.6 Å². The second-order valence-electron chi connectivity index (χ2n) is 8.85. The van der Waals surface area contributed by atoms with Crippen molar-refractivity contribution in [2.24, 2.45) is 0 Å². The van der Waals surface area contributed by atoms with Crippen LogP contribution in [0, 0.1) is 0 Å². The molecule has 7 nitrogen and oxygen atoms in total. The van der Waals surface area contributed by atoms with Gasteiger partial charge >= 0.3 is 0 Å². The maximum absolute atomic E-state index is 12.8. The smallest absolute Gasteiger partial charge is 0.234 e. The molecule has 0 spiro atoms. The molecule has 0 unspecified atom stereocenters. The van der Waals surface area contributed by atoms with E-state index in [1.54, 1.807) is 11.3 Å². The lowest BCUT2D eigenvalue weighted by Gasteiger charge is -2.35. The molecule has 2 aromatic heterocycles. The van der Waals surface area contributed by atoms with Crippen molar-refractivity contribution in [3.05, 3.63) is 77.2 Å². The molecule has 3 heterocycles. The van der Waals surface area contributed by atoms with Gasteiger partial charge in [-0.3, -0.25) is 9.59 Å². The molecule has 190 valence electrons. The topological polar surface area (TPSA) is 78.4 Å². The molecule has 1 fully saturated rings. The van der Waals surface area contributed by atoms with Crippen LogP contribution in [0.4, 0.5) is 11.5 Å². The van der Waals surface area contributed by atoms with Gasteiger partial charge in [-0.05, 0) is 30.2 Å². The highest BCUT2D eigenvalue weighted by atomic mass is 32.2. The van der Waals surface area contributed by atoms with Crippen LogP contribution in [-0.2, 0) is 22.4 Å². The van der Waals surface area contributed by atoms with Crippen molar-refractivity contribution in [2.75, 3.05) is 42.1 Å². The Morgan fingerprint density at radius 1 is 0.973 bits per heavy atom. The first-order chi connectivity index (χ1) is 18.1. The maximum atomic E-state index is 12.8. The van der Waals surface area contributed by atoms with Crippen molar-refractivity contribution in [1.82, 2.24) is 14.9 Å². The zero-order chi connectivity index (χ0) is 25.6. The van der Waals surface area contributed by atoms with E-state index in [1.165, 1.54) is 16.6 Å². The predicted octanol–water partition coefficient (Wildman–Crippen LogP) is 4.88. The number of hydrogen-bond acceptors (Lipinski definition) is 7. The SMILES string of the molecule is CCc1cc2c(N3CCN(C(=O)Cc4ccccc4)CC3)nc(SCC(=O)Nc3ccccc3)nc2s1. The monoisotopic (exact) mass is 531 g/mol.